The Labute approximate surface area is 103 Å². The lowest BCUT2D eigenvalue weighted by Crippen LogP contribution is -2.08. The molecule has 2 N–H and O–H groups in total. The molecular weight excluding hydrogens is 214 g/mol. The van der Waals surface area contributed by atoms with Crippen LogP contribution in [0.15, 0.2) is 0 Å². The molecule has 0 radical (unpaired) electrons. The van der Waals surface area contributed by atoms with Crippen molar-refractivity contribution in [1.29, 1.82) is 0 Å². The number of aromatic nitrogens is 1. The highest BCUT2D eigenvalue weighted by Gasteiger charge is 2.20. The van der Waals surface area contributed by atoms with Crippen molar-refractivity contribution in [3.05, 3.63) is 22.5 Å². The minimum atomic E-state index is -0.383. The number of H-pyrrole nitrogens is 1. The summed E-state index contributed by atoms with van der Waals surface area (Å²) in [5.74, 6) is 0. The van der Waals surface area contributed by atoms with Gasteiger partial charge in [-0.15, -0.1) is 0 Å². The van der Waals surface area contributed by atoms with Crippen LogP contribution in [0.5, 0.6) is 0 Å². The number of aryl methyl sites for hydroxylation is 1. The van der Waals surface area contributed by atoms with Gasteiger partial charge in [0.15, 0.2) is 0 Å². The van der Waals surface area contributed by atoms with E-state index in [-0.39, 0.29) is 6.10 Å². The Balaban J connectivity index is 1.94. The SMILES string of the molecule is Cc1[nH]c(C(O)CCC2CCCO2)c(C)c1C. The van der Waals surface area contributed by atoms with Gasteiger partial charge >= 0.3 is 0 Å². The molecule has 1 aliphatic rings. The topological polar surface area (TPSA) is 45.2 Å². The van der Waals surface area contributed by atoms with Crippen molar-refractivity contribution in [1.82, 2.24) is 4.98 Å². The second-order valence-corrected chi connectivity index (χ2v) is 5.14. The maximum absolute atomic E-state index is 10.2. The van der Waals surface area contributed by atoms with Crippen LogP contribution in [0.2, 0.25) is 0 Å². The quantitative estimate of drug-likeness (QED) is 0.845. The fourth-order valence-electron chi connectivity index (χ4n) is 2.57. The van der Waals surface area contributed by atoms with Crippen LogP contribution >= 0.6 is 0 Å². The summed E-state index contributed by atoms with van der Waals surface area (Å²) in [5.41, 5.74) is 4.60. The van der Waals surface area contributed by atoms with Gasteiger partial charge in [-0.05, 0) is 57.6 Å². The highest BCUT2D eigenvalue weighted by Crippen LogP contribution is 2.27. The van der Waals surface area contributed by atoms with Crippen molar-refractivity contribution in [2.45, 2.75) is 58.7 Å². The smallest absolute Gasteiger partial charge is 0.0941 e. The molecule has 3 heteroatoms. The monoisotopic (exact) mass is 237 g/mol. The lowest BCUT2D eigenvalue weighted by molar-refractivity contribution is 0.0801. The summed E-state index contributed by atoms with van der Waals surface area (Å²) in [6.45, 7) is 7.11. The molecule has 2 heterocycles. The Morgan fingerprint density at radius 3 is 2.65 bits per heavy atom. The standard InChI is InChI=1S/C14H23NO2/c1-9-10(2)14(15-11(9)3)13(16)7-6-12-5-4-8-17-12/h12-13,15-16H,4-8H2,1-3H3. The second kappa shape index (κ2) is 5.23. The fourth-order valence-corrected chi connectivity index (χ4v) is 2.57. The van der Waals surface area contributed by atoms with E-state index in [1.807, 2.05) is 0 Å². The summed E-state index contributed by atoms with van der Waals surface area (Å²) in [6, 6.07) is 0. The first kappa shape index (κ1) is 12.7. The maximum Gasteiger partial charge on any atom is 0.0941 e. The number of rotatable bonds is 4. The van der Waals surface area contributed by atoms with Crippen LogP contribution < -0.4 is 0 Å². The molecule has 0 aromatic carbocycles. The third-order valence-electron chi connectivity index (χ3n) is 3.97. The predicted octanol–water partition coefficient (Wildman–Crippen LogP) is 2.93. The van der Waals surface area contributed by atoms with Gasteiger partial charge in [0.1, 0.15) is 0 Å². The van der Waals surface area contributed by atoms with Crippen LogP contribution in [0.1, 0.15) is 54.3 Å². The van der Waals surface area contributed by atoms with Gasteiger partial charge in [0.25, 0.3) is 0 Å². The zero-order chi connectivity index (χ0) is 12.4. The number of aliphatic hydroxyl groups excluding tert-OH is 1. The average molecular weight is 237 g/mol. The first-order valence-electron chi connectivity index (χ1n) is 6.55. The average Bonchev–Trinajstić information content (AvgIpc) is 2.91. The number of ether oxygens (including phenoxy) is 1. The molecule has 1 fully saturated rings. The van der Waals surface area contributed by atoms with Gasteiger partial charge in [0, 0.05) is 18.0 Å². The Kier molecular flexibility index (Phi) is 3.89. The highest BCUT2D eigenvalue weighted by atomic mass is 16.5. The summed E-state index contributed by atoms with van der Waals surface area (Å²) in [4.78, 5) is 3.30. The van der Waals surface area contributed by atoms with E-state index < -0.39 is 0 Å². The second-order valence-electron chi connectivity index (χ2n) is 5.14. The third kappa shape index (κ3) is 2.72. The molecule has 0 aliphatic carbocycles. The molecule has 17 heavy (non-hydrogen) atoms. The number of hydrogen-bond acceptors (Lipinski definition) is 2. The molecule has 96 valence electrons. The molecule has 0 saturated carbocycles. The zero-order valence-electron chi connectivity index (χ0n) is 11.0. The van der Waals surface area contributed by atoms with E-state index in [0.717, 1.165) is 37.3 Å². The summed E-state index contributed by atoms with van der Waals surface area (Å²) in [7, 11) is 0. The van der Waals surface area contributed by atoms with Crippen LogP contribution in [0, 0.1) is 20.8 Å². The number of aliphatic hydroxyl groups is 1. The molecular formula is C14H23NO2. The van der Waals surface area contributed by atoms with E-state index in [1.165, 1.54) is 17.5 Å². The molecule has 0 amide bonds. The summed E-state index contributed by atoms with van der Waals surface area (Å²) in [5, 5.41) is 10.2. The minimum Gasteiger partial charge on any atom is -0.387 e. The summed E-state index contributed by atoms with van der Waals surface area (Å²) in [6.07, 6.45) is 4.03. The first-order valence-corrected chi connectivity index (χ1v) is 6.55. The molecule has 1 saturated heterocycles. The van der Waals surface area contributed by atoms with Crippen molar-refractivity contribution in [3.63, 3.8) is 0 Å². The molecule has 2 rings (SSSR count). The van der Waals surface area contributed by atoms with Gasteiger partial charge in [-0.1, -0.05) is 0 Å². The van der Waals surface area contributed by atoms with Crippen molar-refractivity contribution in [2.75, 3.05) is 6.61 Å². The molecule has 1 aromatic heterocycles. The fraction of sp³-hybridized carbons (Fsp3) is 0.714. The lowest BCUT2D eigenvalue weighted by Gasteiger charge is -2.14. The first-order chi connectivity index (χ1) is 8.09. The van der Waals surface area contributed by atoms with Gasteiger partial charge in [-0.25, -0.2) is 0 Å². The lowest BCUT2D eigenvalue weighted by atomic mass is 10.0. The van der Waals surface area contributed by atoms with Crippen molar-refractivity contribution in [2.24, 2.45) is 0 Å². The maximum atomic E-state index is 10.2. The Bertz CT molecular complexity index is 378. The Morgan fingerprint density at radius 1 is 1.35 bits per heavy atom. The molecule has 1 aliphatic heterocycles. The summed E-state index contributed by atoms with van der Waals surface area (Å²) < 4.78 is 5.58. The predicted molar refractivity (Wildman–Crippen MR) is 68.2 cm³/mol. The Hall–Kier alpha value is -0.800. The number of hydrogen-bond donors (Lipinski definition) is 2. The Morgan fingerprint density at radius 2 is 2.12 bits per heavy atom. The van der Waals surface area contributed by atoms with E-state index in [1.54, 1.807) is 0 Å². The molecule has 2 atom stereocenters. The van der Waals surface area contributed by atoms with Crippen LogP contribution in [-0.2, 0) is 4.74 Å². The van der Waals surface area contributed by atoms with E-state index in [4.69, 9.17) is 4.74 Å². The van der Waals surface area contributed by atoms with Gasteiger partial charge < -0.3 is 14.8 Å². The molecule has 1 aromatic rings. The van der Waals surface area contributed by atoms with Crippen molar-refractivity contribution < 1.29 is 9.84 Å². The normalized spacial score (nSPS) is 22.0. The van der Waals surface area contributed by atoms with Crippen LogP contribution in [0.3, 0.4) is 0 Å². The van der Waals surface area contributed by atoms with Gasteiger partial charge in [0.05, 0.1) is 12.2 Å². The summed E-state index contributed by atoms with van der Waals surface area (Å²) >= 11 is 0. The molecule has 2 unspecified atom stereocenters. The van der Waals surface area contributed by atoms with E-state index >= 15 is 0 Å². The number of nitrogens with one attached hydrogen (secondary N) is 1. The number of aromatic amines is 1. The van der Waals surface area contributed by atoms with Gasteiger partial charge in [0.2, 0.25) is 0 Å². The molecule has 3 nitrogen and oxygen atoms in total. The van der Waals surface area contributed by atoms with Gasteiger partial charge in [-0.2, -0.15) is 0 Å². The molecule has 0 spiro atoms. The van der Waals surface area contributed by atoms with Crippen molar-refractivity contribution in [3.8, 4) is 0 Å². The van der Waals surface area contributed by atoms with Crippen molar-refractivity contribution >= 4 is 0 Å². The van der Waals surface area contributed by atoms with E-state index in [9.17, 15) is 5.11 Å². The van der Waals surface area contributed by atoms with Gasteiger partial charge in [-0.3, -0.25) is 0 Å². The zero-order valence-corrected chi connectivity index (χ0v) is 11.0. The molecule has 0 bridgehead atoms. The van der Waals surface area contributed by atoms with Crippen LogP contribution in [0.4, 0.5) is 0 Å². The van der Waals surface area contributed by atoms with Crippen LogP contribution in [0.25, 0.3) is 0 Å². The van der Waals surface area contributed by atoms with E-state index in [2.05, 4.69) is 25.8 Å². The third-order valence-corrected chi connectivity index (χ3v) is 3.97. The minimum absolute atomic E-state index is 0.363. The highest BCUT2D eigenvalue weighted by molar-refractivity contribution is 5.35. The van der Waals surface area contributed by atoms with Crippen LogP contribution in [-0.4, -0.2) is 22.8 Å². The van der Waals surface area contributed by atoms with E-state index in [0.29, 0.717) is 6.10 Å². The largest absolute Gasteiger partial charge is 0.387 e.